The molecule has 2 heterocycles. The predicted molar refractivity (Wildman–Crippen MR) is 117 cm³/mol. The molecular formula is C22H25N5O3S. The Morgan fingerprint density at radius 1 is 1.32 bits per heavy atom. The van der Waals surface area contributed by atoms with E-state index in [4.69, 9.17) is 4.74 Å². The minimum Gasteiger partial charge on any atom is -0.466 e. The highest BCUT2D eigenvalue weighted by Gasteiger charge is 2.44. The van der Waals surface area contributed by atoms with Crippen LogP contribution >= 0.6 is 11.8 Å². The van der Waals surface area contributed by atoms with Crippen molar-refractivity contribution in [2.45, 2.75) is 43.6 Å². The second-order valence-electron chi connectivity index (χ2n) is 7.46. The molecule has 0 unspecified atom stereocenters. The number of allylic oxidation sites excluding steroid dienone is 1. The Morgan fingerprint density at radius 3 is 2.71 bits per heavy atom. The third-order valence-electron chi connectivity index (χ3n) is 5.38. The maximum Gasteiger partial charge on any atom is 0.338 e. The molecule has 1 aliphatic carbocycles. The Kier molecular flexibility index (Phi) is 6.13. The van der Waals surface area contributed by atoms with E-state index >= 15 is 0 Å². The summed E-state index contributed by atoms with van der Waals surface area (Å²) in [5.74, 6) is 0.735. The van der Waals surface area contributed by atoms with Gasteiger partial charge >= 0.3 is 12.0 Å². The first-order chi connectivity index (χ1) is 15.0. The van der Waals surface area contributed by atoms with Crippen LogP contribution in [-0.4, -0.2) is 50.6 Å². The monoisotopic (exact) mass is 439 g/mol. The smallest absolute Gasteiger partial charge is 0.338 e. The molecule has 2 aromatic rings. The van der Waals surface area contributed by atoms with Crippen molar-refractivity contribution in [2.24, 2.45) is 0 Å². The molecule has 1 aliphatic heterocycles. The number of hydrogen-bond acceptors (Lipinski definition) is 6. The quantitative estimate of drug-likeness (QED) is 0.386. The third kappa shape index (κ3) is 4.23. The minimum absolute atomic E-state index is 0.0970. The van der Waals surface area contributed by atoms with Gasteiger partial charge in [-0.3, -0.25) is 4.90 Å². The zero-order valence-electron chi connectivity index (χ0n) is 17.6. The molecular weight excluding hydrogens is 414 g/mol. The van der Waals surface area contributed by atoms with Gasteiger partial charge in [0.25, 0.3) is 0 Å². The first kappa shape index (κ1) is 21.2. The second kappa shape index (κ2) is 8.97. The van der Waals surface area contributed by atoms with Gasteiger partial charge in [0, 0.05) is 24.0 Å². The van der Waals surface area contributed by atoms with Crippen LogP contribution in [0.5, 0.6) is 0 Å². The molecule has 1 saturated carbocycles. The Bertz CT molecular complexity index is 1030. The van der Waals surface area contributed by atoms with Gasteiger partial charge < -0.3 is 14.6 Å². The Balaban J connectivity index is 1.76. The minimum atomic E-state index is -0.570. The Morgan fingerprint density at radius 2 is 2.06 bits per heavy atom. The number of amides is 2. The number of rotatable bonds is 8. The first-order valence-electron chi connectivity index (χ1n) is 10.1. The number of ether oxygens (including phenoxy) is 1. The fraction of sp³-hybridized carbons (Fsp3) is 0.364. The summed E-state index contributed by atoms with van der Waals surface area (Å²) in [6.07, 6.45) is 3.62. The number of aromatic nitrogens is 3. The van der Waals surface area contributed by atoms with Crippen LogP contribution in [0.2, 0.25) is 0 Å². The summed E-state index contributed by atoms with van der Waals surface area (Å²) in [5, 5.41) is 12.1. The van der Waals surface area contributed by atoms with Crippen LogP contribution < -0.4 is 5.32 Å². The lowest BCUT2D eigenvalue weighted by molar-refractivity contribution is -0.136. The molecule has 162 valence electrons. The van der Waals surface area contributed by atoms with Gasteiger partial charge in [0.2, 0.25) is 0 Å². The summed E-state index contributed by atoms with van der Waals surface area (Å²) in [7, 11) is 1.37. The van der Waals surface area contributed by atoms with Crippen molar-refractivity contribution in [2.75, 3.05) is 12.9 Å². The highest BCUT2D eigenvalue weighted by Crippen LogP contribution is 2.40. The fourth-order valence-corrected chi connectivity index (χ4v) is 4.75. The summed E-state index contributed by atoms with van der Waals surface area (Å²) < 4.78 is 7.10. The molecule has 9 heteroatoms. The Labute approximate surface area is 185 Å². The van der Waals surface area contributed by atoms with Crippen molar-refractivity contribution in [1.29, 1.82) is 0 Å². The molecule has 1 aromatic carbocycles. The number of benzene rings is 1. The van der Waals surface area contributed by atoms with E-state index in [1.807, 2.05) is 41.8 Å². The predicted octanol–water partition coefficient (Wildman–Crippen LogP) is 3.22. The van der Waals surface area contributed by atoms with E-state index in [1.165, 1.54) is 18.9 Å². The fourth-order valence-electron chi connectivity index (χ4n) is 3.73. The summed E-state index contributed by atoms with van der Waals surface area (Å²) in [6.45, 7) is 6.27. The van der Waals surface area contributed by atoms with Gasteiger partial charge in [-0.05, 0) is 25.3 Å². The molecule has 0 spiro atoms. The number of carbonyl (C=O) groups is 2. The van der Waals surface area contributed by atoms with E-state index in [1.54, 1.807) is 11.0 Å². The molecule has 4 rings (SSSR count). The lowest BCUT2D eigenvalue weighted by atomic mass is 9.95. The van der Waals surface area contributed by atoms with Crippen LogP contribution in [0.1, 0.15) is 30.3 Å². The number of nitrogens with zero attached hydrogens (tertiary/aromatic N) is 4. The van der Waals surface area contributed by atoms with Crippen LogP contribution in [-0.2, 0) is 16.1 Å². The van der Waals surface area contributed by atoms with Gasteiger partial charge in [0.15, 0.2) is 5.16 Å². The van der Waals surface area contributed by atoms with Gasteiger partial charge in [-0.2, -0.15) is 0 Å². The van der Waals surface area contributed by atoms with E-state index in [-0.39, 0.29) is 12.1 Å². The molecule has 8 nitrogen and oxygen atoms in total. The summed E-state index contributed by atoms with van der Waals surface area (Å²) in [6, 6.07) is 8.81. The first-order valence-corrected chi connectivity index (χ1v) is 11.1. The van der Waals surface area contributed by atoms with Crippen LogP contribution in [0.25, 0.3) is 0 Å². The topological polar surface area (TPSA) is 89.4 Å². The molecule has 0 bridgehead atoms. The van der Waals surface area contributed by atoms with E-state index < -0.39 is 12.0 Å². The van der Waals surface area contributed by atoms with Gasteiger partial charge in [0.05, 0.1) is 18.7 Å². The molecule has 2 aliphatic rings. The van der Waals surface area contributed by atoms with Crippen LogP contribution in [0.15, 0.2) is 59.4 Å². The summed E-state index contributed by atoms with van der Waals surface area (Å²) >= 11 is 1.45. The zero-order valence-corrected chi connectivity index (χ0v) is 18.4. The number of thioether (sulfide) groups is 1. The average Bonchev–Trinajstić information content (AvgIpc) is 3.56. The van der Waals surface area contributed by atoms with Gasteiger partial charge in [-0.25, -0.2) is 9.59 Å². The SMILES string of the molecule is C=CCn1c(C)nnc1SCC1=C(C(=O)OC)[C@H](c2ccccc2)NC(=O)N1C1CC1. The molecule has 1 N–H and O–H groups in total. The number of methoxy groups -OCH3 is 1. The molecule has 1 fully saturated rings. The lowest BCUT2D eigenvalue weighted by Crippen LogP contribution is -2.50. The van der Waals surface area contributed by atoms with Crippen molar-refractivity contribution in [3.63, 3.8) is 0 Å². The second-order valence-corrected chi connectivity index (χ2v) is 8.41. The van der Waals surface area contributed by atoms with E-state index in [0.29, 0.717) is 28.7 Å². The maximum absolute atomic E-state index is 13.1. The van der Waals surface area contributed by atoms with Crippen molar-refractivity contribution in [1.82, 2.24) is 25.0 Å². The van der Waals surface area contributed by atoms with Gasteiger partial charge in [-0.15, -0.1) is 16.8 Å². The van der Waals surface area contributed by atoms with E-state index in [0.717, 1.165) is 24.2 Å². The van der Waals surface area contributed by atoms with Crippen molar-refractivity contribution in [3.8, 4) is 0 Å². The highest BCUT2D eigenvalue weighted by molar-refractivity contribution is 7.99. The number of aryl methyl sites for hydroxylation is 1. The molecule has 31 heavy (non-hydrogen) atoms. The Hall–Kier alpha value is -3.07. The molecule has 0 saturated heterocycles. The molecule has 1 atom stereocenters. The van der Waals surface area contributed by atoms with Crippen molar-refractivity contribution in [3.05, 3.63) is 65.6 Å². The van der Waals surface area contributed by atoms with Crippen LogP contribution in [0, 0.1) is 6.92 Å². The van der Waals surface area contributed by atoms with E-state index in [2.05, 4.69) is 22.1 Å². The third-order valence-corrected chi connectivity index (χ3v) is 6.36. The highest BCUT2D eigenvalue weighted by atomic mass is 32.2. The molecule has 0 radical (unpaired) electrons. The van der Waals surface area contributed by atoms with Gasteiger partial charge in [0.1, 0.15) is 5.82 Å². The number of esters is 1. The molecule has 1 aromatic heterocycles. The number of carbonyl (C=O) groups excluding carboxylic acids is 2. The summed E-state index contributed by atoms with van der Waals surface area (Å²) in [4.78, 5) is 27.7. The average molecular weight is 440 g/mol. The van der Waals surface area contributed by atoms with Crippen LogP contribution in [0.4, 0.5) is 4.79 Å². The lowest BCUT2D eigenvalue weighted by Gasteiger charge is -2.36. The standard InChI is InChI=1S/C22H25N5O3S/c1-4-12-26-14(2)24-25-22(26)31-13-17-18(20(28)30-3)19(15-8-6-5-7-9-15)23-21(29)27(17)16-10-11-16/h4-9,16,19H,1,10-13H2,2-3H3,(H,23,29)/t19-/m0/s1. The van der Waals surface area contributed by atoms with Crippen LogP contribution in [0.3, 0.4) is 0 Å². The number of hydrogen-bond donors (Lipinski definition) is 1. The van der Waals surface area contributed by atoms with E-state index in [9.17, 15) is 9.59 Å². The van der Waals surface area contributed by atoms with Crippen molar-refractivity contribution < 1.29 is 14.3 Å². The summed E-state index contributed by atoms with van der Waals surface area (Å²) in [5.41, 5.74) is 1.96. The largest absolute Gasteiger partial charge is 0.466 e. The normalized spacial score (nSPS) is 18.7. The number of nitrogens with one attached hydrogen (secondary N) is 1. The van der Waals surface area contributed by atoms with Crippen molar-refractivity contribution >= 4 is 23.8 Å². The maximum atomic E-state index is 13.1. The number of urea groups is 1. The zero-order chi connectivity index (χ0) is 22.0. The van der Waals surface area contributed by atoms with Gasteiger partial charge in [-0.1, -0.05) is 48.2 Å². The molecule has 2 amide bonds.